The topological polar surface area (TPSA) is 111 Å². The lowest BCUT2D eigenvalue weighted by atomic mass is 9.97. The van der Waals surface area contributed by atoms with Gasteiger partial charge in [0, 0.05) is 18.9 Å². The Hall–Kier alpha value is -2.35. The third kappa shape index (κ3) is 4.82. The highest BCUT2D eigenvalue weighted by atomic mass is 19.1. The van der Waals surface area contributed by atoms with Gasteiger partial charge in [-0.15, -0.1) is 0 Å². The van der Waals surface area contributed by atoms with Gasteiger partial charge in [0.25, 0.3) is 0 Å². The molecule has 1 unspecified atom stereocenters. The summed E-state index contributed by atoms with van der Waals surface area (Å²) in [5, 5.41) is 11.4. The molecule has 0 saturated heterocycles. The first-order valence-corrected chi connectivity index (χ1v) is 7.43. The Bertz CT molecular complexity index is 605. The summed E-state index contributed by atoms with van der Waals surface area (Å²) >= 11 is 0. The molecule has 0 aliphatic rings. The first-order valence-electron chi connectivity index (χ1n) is 7.43. The fourth-order valence-corrected chi connectivity index (χ4v) is 2.12. The van der Waals surface area contributed by atoms with Crippen LogP contribution in [0.4, 0.5) is 10.1 Å². The second-order valence-corrected chi connectivity index (χ2v) is 4.69. The van der Waals surface area contributed by atoms with Crippen molar-refractivity contribution in [3.8, 4) is 11.5 Å². The van der Waals surface area contributed by atoms with Crippen molar-refractivity contribution in [2.75, 3.05) is 19.5 Å². The number of carboxylic acids is 1. The summed E-state index contributed by atoms with van der Waals surface area (Å²) < 4.78 is 24.5. The quantitative estimate of drug-likeness (QED) is 0.729. The van der Waals surface area contributed by atoms with Crippen LogP contribution in [-0.2, 0) is 16.0 Å². The summed E-state index contributed by atoms with van der Waals surface area (Å²) in [5.41, 5.74) is 6.34. The predicted molar refractivity (Wildman–Crippen MR) is 89.2 cm³/mol. The van der Waals surface area contributed by atoms with Crippen LogP contribution in [0.5, 0.6) is 11.5 Å². The van der Waals surface area contributed by atoms with Crippen LogP contribution in [0.15, 0.2) is 0 Å². The van der Waals surface area contributed by atoms with E-state index in [0.717, 1.165) is 0 Å². The Kier molecular flexibility index (Phi) is 8.76. The molecule has 0 heterocycles. The average Bonchev–Trinajstić information content (AvgIpc) is 2.54. The third-order valence-corrected chi connectivity index (χ3v) is 3.18. The average molecular weight is 344 g/mol. The molecule has 1 aromatic carbocycles. The van der Waals surface area contributed by atoms with E-state index in [9.17, 15) is 14.0 Å². The van der Waals surface area contributed by atoms with E-state index in [-0.39, 0.29) is 29.2 Å². The zero-order valence-electron chi connectivity index (χ0n) is 14.8. The van der Waals surface area contributed by atoms with Gasteiger partial charge in [-0.05, 0) is 12.5 Å². The highest BCUT2D eigenvalue weighted by Crippen LogP contribution is 2.41. The lowest BCUT2D eigenvalue weighted by molar-refractivity contribution is -0.138. The summed E-state index contributed by atoms with van der Waals surface area (Å²) in [6, 6.07) is -1.23. The summed E-state index contributed by atoms with van der Waals surface area (Å²) in [6.45, 7) is 6.86. The van der Waals surface area contributed by atoms with Crippen LogP contribution in [0.25, 0.3) is 0 Å². The van der Waals surface area contributed by atoms with Gasteiger partial charge in [-0.25, -0.2) is 0 Å². The fraction of sp³-hybridized carbons (Fsp3) is 0.500. The van der Waals surface area contributed by atoms with E-state index in [4.69, 9.17) is 20.3 Å². The van der Waals surface area contributed by atoms with Crippen LogP contribution in [0.3, 0.4) is 0 Å². The molecule has 4 N–H and O–H groups in total. The van der Waals surface area contributed by atoms with Gasteiger partial charge in [0.05, 0.1) is 19.9 Å². The van der Waals surface area contributed by atoms with E-state index in [1.54, 1.807) is 6.92 Å². The van der Waals surface area contributed by atoms with Gasteiger partial charge < -0.3 is 25.6 Å². The van der Waals surface area contributed by atoms with Crippen molar-refractivity contribution in [3.63, 3.8) is 0 Å². The number of nitrogens with one attached hydrogen (secondary N) is 1. The number of carboxylic acid groups (broad SMARTS) is 1. The maximum Gasteiger partial charge on any atom is 0.320 e. The van der Waals surface area contributed by atoms with E-state index in [2.05, 4.69) is 5.32 Å². The van der Waals surface area contributed by atoms with Crippen molar-refractivity contribution in [1.29, 1.82) is 0 Å². The molecular weight excluding hydrogens is 319 g/mol. The van der Waals surface area contributed by atoms with Gasteiger partial charge in [0.15, 0.2) is 11.5 Å². The Labute approximate surface area is 140 Å². The predicted octanol–water partition coefficient (Wildman–Crippen LogP) is 2.09. The third-order valence-electron chi connectivity index (χ3n) is 3.18. The van der Waals surface area contributed by atoms with Crippen molar-refractivity contribution in [1.82, 2.24) is 0 Å². The molecule has 8 heteroatoms. The molecule has 1 atom stereocenters. The molecule has 0 bridgehead atoms. The van der Waals surface area contributed by atoms with Gasteiger partial charge in [-0.1, -0.05) is 13.8 Å². The number of aliphatic carboxylic acids is 1. The minimum absolute atomic E-state index is 0.126. The number of methoxy groups -OCH3 is 2. The molecule has 0 radical (unpaired) electrons. The first kappa shape index (κ1) is 21.6. The van der Waals surface area contributed by atoms with Crippen molar-refractivity contribution in [2.24, 2.45) is 5.73 Å². The number of benzene rings is 1. The Morgan fingerprint density at radius 3 is 2.12 bits per heavy atom. The molecule has 0 spiro atoms. The number of rotatable bonds is 6. The number of nitrogens with two attached hydrogens (primary N) is 1. The molecule has 0 aliphatic heterocycles. The summed E-state index contributed by atoms with van der Waals surface area (Å²) in [5.74, 6) is -2.80. The number of carbonyl (C=O) groups is 2. The highest BCUT2D eigenvalue weighted by Gasteiger charge is 2.26. The number of amides is 1. The van der Waals surface area contributed by atoms with Crippen LogP contribution in [0.1, 0.15) is 31.9 Å². The first-order chi connectivity index (χ1) is 11.2. The van der Waals surface area contributed by atoms with Crippen LogP contribution >= 0.6 is 0 Å². The van der Waals surface area contributed by atoms with Crippen molar-refractivity contribution < 1.29 is 28.6 Å². The standard InChI is InChI=1S/C14H19FN2O5.C2H6/c1-6-8(5-9(16)14(19)20)12(21-3)10(15)13(22-4)11(6)17-7(2)18;1-2/h9H,5,16H2,1-4H3,(H,17,18)(H,19,20);1-2H3. The minimum atomic E-state index is -1.23. The molecule has 0 aliphatic carbocycles. The zero-order chi connectivity index (χ0) is 19.0. The number of anilines is 1. The van der Waals surface area contributed by atoms with Gasteiger partial charge in [-0.3, -0.25) is 9.59 Å². The van der Waals surface area contributed by atoms with Gasteiger partial charge >= 0.3 is 5.97 Å². The molecule has 0 saturated carbocycles. The lowest BCUT2D eigenvalue weighted by Gasteiger charge is -2.21. The SMILES string of the molecule is CC.COc1c(F)c(OC)c(NC(C)=O)c(C)c1CC(N)C(=O)O. The number of hydrogen-bond donors (Lipinski definition) is 3. The highest BCUT2D eigenvalue weighted by molar-refractivity contribution is 5.92. The van der Waals surface area contributed by atoms with Crippen LogP contribution in [-0.4, -0.2) is 37.2 Å². The molecular formula is C16H25FN2O5. The Morgan fingerprint density at radius 1 is 1.25 bits per heavy atom. The van der Waals surface area contributed by atoms with Crippen LogP contribution < -0.4 is 20.5 Å². The second-order valence-electron chi connectivity index (χ2n) is 4.69. The van der Waals surface area contributed by atoms with E-state index in [1.807, 2.05) is 13.8 Å². The van der Waals surface area contributed by atoms with Gasteiger partial charge in [-0.2, -0.15) is 4.39 Å². The van der Waals surface area contributed by atoms with Crippen LogP contribution in [0.2, 0.25) is 0 Å². The summed E-state index contributed by atoms with van der Waals surface area (Å²) in [4.78, 5) is 22.2. The van der Waals surface area contributed by atoms with E-state index < -0.39 is 23.7 Å². The fourth-order valence-electron chi connectivity index (χ4n) is 2.12. The molecule has 1 amide bonds. The Balaban J connectivity index is 0.00000254. The lowest BCUT2D eigenvalue weighted by Crippen LogP contribution is -2.33. The smallest absolute Gasteiger partial charge is 0.320 e. The summed E-state index contributed by atoms with van der Waals surface area (Å²) in [7, 11) is 2.51. The minimum Gasteiger partial charge on any atom is -0.493 e. The molecule has 1 rings (SSSR count). The van der Waals surface area contributed by atoms with E-state index in [0.29, 0.717) is 5.56 Å². The Morgan fingerprint density at radius 2 is 1.75 bits per heavy atom. The molecule has 136 valence electrons. The second kappa shape index (κ2) is 9.71. The summed E-state index contributed by atoms with van der Waals surface area (Å²) in [6.07, 6.45) is -0.155. The van der Waals surface area contributed by atoms with Crippen molar-refractivity contribution in [3.05, 3.63) is 16.9 Å². The maximum atomic E-state index is 14.5. The molecule has 7 nitrogen and oxygen atoms in total. The van der Waals surface area contributed by atoms with E-state index in [1.165, 1.54) is 21.1 Å². The maximum absolute atomic E-state index is 14.5. The van der Waals surface area contributed by atoms with Gasteiger partial charge in [0.1, 0.15) is 6.04 Å². The molecule has 0 aromatic heterocycles. The molecule has 24 heavy (non-hydrogen) atoms. The number of ether oxygens (including phenoxy) is 2. The number of hydrogen-bond acceptors (Lipinski definition) is 5. The number of halogens is 1. The normalized spacial score (nSPS) is 11.0. The van der Waals surface area contributed by atoms with Gasteiger partial charge in [0.2, 0.25) is 11.7 Å². The largest absolute Gasteiger partial charge is 0.493 e. The zero-order valence-corrected chi connectivity index (χ0v) is 14.8. The molecule has 1 aromatic rings. The monoisotopic (exact) mass is 344 g/mol. The van der Waals surface area contributed by atoms with Crippen molar-refractivity contribution in [2.45, 2.75) is 40.2 Å². The van der Waals surface area contributed by atoms with E-state index >= 15 is 0 Å². The van der Waals surface area contributed by atoms with Crippen LogP contribution in [0, 0.1) is 12.7 Å². The van der Waals surface area contributed by atoms with Crippen molar-refractivity contribution >= 4 is 17.6 Å². The molecule has 0 fully saturated rings. The number of carbonyl (C=O) groups excluding carboxylic acids is 1.